The van der Waals surface area contributed by atoms with Crippen LogP contribution in [-0.4, -0.2) is 24.1 Å². The molecule has 1 aromatic rings. The average Bonchev–Trinajstić information content (AvgIpc) is 2.29. The number of rotatable bonds is 7. The molecule has 0 heterocycles. The summed E-state index contributed by atoms with van der Waals surface area (Å²) in [6, 6.07) is 5.64. The minimum atomic E-state index is -0.122. The van der Waals surface area contributed by atoms with Crippen molar-refractivity contribution in [1.82, 2.24) is 5.32 Å². The Balaban J connectivity index is 2.64. The van der Waals surface area contributed by atoms with Gasteiger partial charge in [-0.25, -0.2) is 4.39 Å². The summed E-state index contributed by atoms with van der Waals surface area (Å²) in [5.41, 5.74) is 0.788. The predicted molar refractivity (Wildman–Crippen MR) is 78.3 cm³/mol. The van der Waals surface area contributed by atoms with Crippen LogP contribution in [0.3, 0.4) is 0 Å². The first-order valence-electron chi connectivity index (χ1n) is 5.92. The molecule has 1 nitrogen and oxygen atoms in total. The van der Waals surface area contributed by atoms with Gasteiger partial charge in [-0.05, 0) is 36.4 Å². The quantitative estimate of drug-likeness (QED) is 0.819. The van der Waals surface area contributed by atoms with E-state index in [2.05, 4.69) is 35.1 Å². The molecule has 0 radical (unpaired) electrons. The molecule has 1 rings (SSSR count). The highest BCUT2D eigenvalue weighted by Crippen LogP contribution is 2.17. The molecule has 1 unspecified atom stereocenters. The van der Waals surface area contributed by atoms with Crippen LogP contribution in [0.25, 0.3) is 0 Å². The van der Waals surface area contributed by atoms with E-state index in [1.165, 1.54) is 6.07 Å². The number of nitrogens with one attached hydrogen (secondary N) is 1. The third-order valence-corrected chi connectivity index (χ3v) is 4.04. The molecule has 4 heteroatoms. The van der Waals surface area contributed by atoms with E-state index in [-0.39, 0.29) is 5.82 Å². The van der Waals surface area contributed by atoms with Crippen molar-refractivity contribution < 1.29 is 4.39 Å². The second-order valence-electron chi connectivity index (χ2n) is 3.85. The minimum Gasteiger partial charge on any atom is -0.313 e. The van der Waals surface area contributed by atoms with Gasteiger partial charge >= 0.3 is 0 Å². The van der Waals surface area contributed by atoms with Gasteiger partial charge in [0.25, 0.3) is 0 Å². The van der Waals surface area contributed by atoms with Gasteiger partial charge in [-0.15, -0.1) is 0 Å². The lowest BCUT2D eigenvalue weighted by Crippen LogP contribution is -2.33. The second-order valence-corrected chi connectivity index (χ2v) is 6.09. The summed E-state index contributed by atoms with van der Waals surface area (Å²) in [6.07, 6.45) is 0.750. The summed E-state index contributed by atoms with van der Waals surface area (Å²) >= 11 is 5.17. The van der Waals surface area contributed by atoms with Gasteiger partial charge in [0.2, 0.25) is 0 Å². The summed E-state index contributed by atoms with van der Waals surface area (Å²) in [4.78, 5) is 0. The molecule has 0 amide bonds. The van der Waals surface area contributed by atoms with Gasteiger partial charge in [-0.3, -0.25) is 0 Å². The van der Waals surface area contributed by atoms with E-state index in [1.807, 2.05) is 23.9 Å². The van der Waals surface area contributed by atoms with Gasteiger partial charge in [-0.1, -0.05) is 35.8 Å². The number of thioether (sulfide) groups is 1. The highest BCUT2D eigenvalue weighted by Gasteiger charge is 2.11. The molecule has 1 atom stereocenters. The Morgan fingerprint density at radius 3 is 2.76 bits per heavy atom. The molecule has 96 valence electrons. The highest BCUT2D eigenvalue weighted by molar-refractivity contribution is 9.10. The van der Waals surface area contributed by atoms with E-state index >= 15 is 0 Å². The van der Waals surface area contributed by atoms with Crippen LogP contribution in [0.5, 0.6) is 0 Å². The SMILES string of the molecule is CCNC(CSCC)Cc1ccc(Br)cc1F. The van der Waals surface area contributed by atoms with Crippen molar-refractivity contribution in [3.63, 3.8) is 0 Å². The zero-order valence-corrected chi connectivity index (χ0v) is 12.7. The molecule has 1 N–H and O–H groups in total. The zero-order valence-electron chi connectivity index (χ0n) is 10.3. The van der Waals surface area contributed by atoms with Gasteiger partial charge in [0.15, 0.2) is 0 Å². The van der Waals surface area contributed by atoms with Crippen molar-refractivity contribution >= 4 is 27.7 Å². The van der Waals surface area contributed by atoms with Crippen LogP contribution in [0, 0.1) is 5.82 Å². The Kier molecular flexibility index (Phi) is 7.16. The van der Waals surface area contributed by atoms with Crippen LogP contribution in [0.4, 0.5) is 4.39 Å². The number of hydrogen-bond acceptors (Lipinski definition) is 2. The largest absolute Gasteiger partial charge is 0.313 e. The monoisotopic (exact) mass is 319 g/mol. The Morgan fingerprint density at radius 1 is 1.41 bits per heavy atom. The highest BCUT2D eigenvalue weighted by atomic mass is 79.9. The predicted octanol–water partition coefficient (Wildman–Crippen LogP) is 3.86. The Hall–Kier alpha value is -0.0600. The van der Waals surface area contributed by atoms with Gasteiger partial charge in [-0.2, -0.15) is 11.8 Å². The van der Waals surface area contributed by atoms with E-state index < -0.39 is 0 Å². The topological polar surface area (TPSA) is 12.0 Å². The minimum absolute atomic E-state index is 0.122. The van der Waals surface area contributed by atoms with Gasteiger partial charge < -0.3 is 5.32 Å². The van der Waals surface area contributed by atoms with E-state index in [0.717, 1.165) is 34.5 Å². The van der Waals surface area contributed by atoms with Crippen molar-refractivity contribution in [3.05, 3.63) is 34.1 Å². The van der Waals surface area contributed by atoms with E-state index in [9.17, 15) is 4.39 Å². The van der Waals surface area contributed by atoms with Crippen LogP contribution >= 0.6 is 27.7 Å². The van der Waals surface area contributed by atoms with Crippen LogP contribution in [0.15, 0.2) is 22.7 Å². The molecule has 0 fully saturated rings. The van der Waals surface area contributed by atoms with Gasteiger partial charge in [0.05, 0.1) is 0 Å². The molecule has 0 aromatic heterocycles. The molecule has 17 heavy (non-hydrogen) atoms. The maximum absolute atomic E-state index is 13.7. The van der Waals surface area contributed by atoms with Crippen LogP contribution in [0.2, 0.25) is 0 Å². The van der Waals surface area contributed by atoms with Gasteiger partial charge in [0.1, 0.15) is 5.82 Å². The molecule has 0 aliphatic rings. The number of halogens is 2. The third-order valence-electron chi connectivity index (χ3n) is 2.50. The summed E-state index contributed by atoms with van der Waals surface area (Å²) < 4.78 is 14.5. The van der Waals surface area contributed by atoms with Crippen molar-refractivity contribution in [2.75, 3.05) is 18.1 Å². The van der Waals surface area contributed by atoms with E-state index in [4.69, 9.17) is 0 Å². The van der Waals surface area contributed by atoms with Crippen LogP contribution < -0.4 is 5.32 Å². The molecule has 0 aliphatic carbocycles. The Bertz CT molecular complexity index is 346. The average molecular weight is 320 g/mol. The standard InChI is InChI=1S/C13H19BrFNS/c1-3-16-12(9-17-4-2)7-10-5-6-11(14)8-13(10)15/h5-6,8,12,16H,3-4,7,9H2,1-2H3. The van der Waals surface area contributed by atoms with Crippen molar-refractivity contribution in [2.24, 2.45) is 0 Å². The molecule has 1 aromatic carbocycles. The first-order valence-corrected chi connectivity index (χ1v) is 7.87. The van der Waals surface area contributed by atoms with E-state index in [0.29, 0.717) is 6.04 Å². The Morgan fingerprint density at radius 2 is 2.18 bits per heavy atom. The summed E-state index contributed by atoms with van der Waals surface area (Å²) in [5, 5.41) is 3.41. The first kappa shape index (κ1) is 15.0. The lowest BCUT2D eigenvalue weighted by molar-refractivity contribution is 0.545. The molecule has 0 saturated carbocycles. The van der Waals surface area contributed by atoms with E-state index in [1.54, 1.807) is 0 Å². The molecular weight excluding hydrogens is 301 g/mol. The molecule has 0 spiro atoms. The van der Waals surface area contributed by atoms with Crippen LogP contribution in [-0.2, 0) is 6.42 Å². The third kappa shape index (κ3) is 5.40. The maximum Gasteiger partial charge on any atom is 0.127 e. The zero-order chi connectivity index (χ0) is 12.7. The number of benzene rings is 1. The van der Waals surface area contributed by atoms with Crippen molar-refractivity contribution in [3.8, 4) is 0 Å². The summed E-state index contributed by atoms with van der Waals surface area (Å²) in [6.45, 7) is 5.16. The summed E-state index contributed by atoms with van der Waals surface area (Å²) in [7, 11) is 0. The number of hydrogen-bond donors (Lipinski definition) is 1. The van der Waals surface area contributed by atoms with Crippen LogP contribution in [0.1, 0.15) is 19.4 Å². The Labute approximate surface area is 116 Å². The fourth-order valence-electron chi connectivity index (χ4n) is 1.69. The van der Waals surface area contributed by atoms with Gasteiger partial charge in [0, 0.05) is 16.3 Å². The lowest BCUT2D eigenvalue weighted by Gasteiger charge is -2.17. The molecular formula is C13H19BrFNS. The lowest BCUT2D eigenvalue weighted by atomic mass is 10.1. The molecule has 0 saturated heterocycles. The normalized spacial score (nSPS) is 12.7. The fourth-order valence-corrected chi connectivity index (χ4v) is 2.78. The van der Waals surface area contributed by atoms with Crippen molar-refractivity contribution in [1.29, 1.82) is 0 Å². The van der Waals surface area contributed by atoms with Crippen molar-refractivity contribution in [2.45, 2.75) is 26.3 Å². The second kappa shape index (κ2) is 8.11. The molecule has 0 bridgehead atoms. The fraction of sp³-hybridized carbons (Fsp3) is 0.538. The smallest absolute Gasteiger partial charge is 0.127 e. The summed E-state index contributed by atoms with van der Waals surface area (Å²) in [5.74, 6) is 2.01. The maximum atomic E-state index is 13.7. The molecule has 0 aliphatic heterocycles. The number of likely N-dealkylation sites (N-methyl/N-ethyl adjacent to an activating group) is 1. The first-order chi connectivity index (χ1) is 8.17.